The van der Waals surface area contributed by atoms with Gasteiger partial charge in [0.2, 0.25) is 0 Å². The summed E-state index contributed by atoms with van der Waals surface area (Å²) >= 11 is 4.93. The fourth-order valence-corrected chi connectivity index (χ4v) is 2.45. The highest BCUT2D eigenvalue weighted by atomic mass is 32.1. The SMILES string of the molecule is NC(=S)c1cc(N2CCc3ccc(F)cc32)ccn1. The molecule has 1 aromatic carbocycles. The van der Waals surface area contributed by atoms with Crippen LogP contribution >= 0.6 is 12.2 Å². The number of rotatable bonds is 2. The second kappa shape index (κ2) is 4.59. The van der Waals surface area contributed by atoms with Crippen molar-refractivity contribution < 1.29 is 4.39 Å². The third kappa shape index (κ3) is 2.17. The highest BCUT2D eigenvalue weighted by Gasteiger charge is 2.21. The molecule has 0 radical (unpaired) electrons. The van der Waals surface area contributed by atoms with E-state index in [1.54, 1.807) is 12.3 Å². The third-order valence-corrected chi connectivity index (χ3v) is 3.46. The van der Waals surface area contributed by atoms with Crippen LogP contribution in [0.15, 0.2) is 36.5 Å². The predicted octanol–water partition coefficient (Wildman–Crippen LogP) is 2.55. The molecule has 0 bridgehead atoms. The molecule has 0 atom stereocenters. The quantitative estimate of drug-likeness (QED) is 0.854. The molecule has 1 aliphatic rings. The number of nitrogens with two attached hydrogens (primary N) is 1. The standard InChI is InChI=1S/C14H12FN3S/c15-10-2-1-9-4-6-18(13(9)7-10)11-3-5-17-12(8-11)14(16)19/h1-3,5,7-8H,4,6H2,(H2,16,19). The molecule has 3 nitrogen and oxygen atoms in total. The lowest BCUT2D eigenvalue weighted by Gasteiger charge is -2.20. The fraction of sp³-hybridized carbons (Fsp3) is 0.143. The Bertz CT molecular complexity index is 657. The van der Waals surface area contributed by atoms with Crippen molar-refractivity contribution in [2.45, 2.75) is 6.42 Å². The number of thiocarbonyl (C=S) groups is 1. The van der Waals surface area contributed by atoms with Crippen LogP contribution in [0.4, 0.5) is 15.8 Å². The fourth-order valence-electron chi connectivity index (χ4n) is 2.34. The van der Waals surface area contributed by atoms with Crippen LogP contribution in [0.1, 0.15) is 11.3 Å². The Kier molecular flexibility index (Phi) is 2.91. The van der Waals surface area contributed by atoms with Crippen LogP contribution in [0, 0.1) is 5.82 Å². The zero-order valence-electron chi connectivity index (χ0n) is 10.1. The molecule has 0 amide bonds. The number of hydrogen-bond acceptors (Lipinski definition) is 3. The lowest BCUT2D eigenvalue weighted by molar-refractivity contribution is 0.628. The Hall–Kier alpha value is -2.01. The molecule has 19 heavy (non-hydrogen) atoms. The van der Waals surface area contributed by atoms with Gasteiger partial charge < -0.3 is 10.6 Å². The minimum absolute atomic E-state index is 0.228. The molecule has 0 spiro atoms. The molecular formula is C14H12FN3S. The van der Waals surface area contributed by atoms with Crippen molar-refractivity contribution in [1.29, 1.82) is 0 Å². The summed E-state index contributed by atoms with van der Waals surface area (Å²) in [5.74, 6) is -0.228. The van der Waals surface area contributed by atoms with Gasteiger partial charge >= 0.3 is 0 Å². The molecule has 2 aromatic rings. The van der Waals surface area contributed by atoms with E-state index >= 15 is 0 Å². The Labute approximate surface area is 115 Å². The first-order valence-electron chi connectivity index (χ1n) is 5.97. The van der Waals surface area contributed by atoms with Crippen LogP contribution in [-0.4, -0.2) is 16.5 Å². The average Bonchev–Trinajstić information content (AvgIpc) is 2.81. The number of nitrogens with zero attached hydrogens (tertiary/aromatic N) is 2. The highest BCUT2D eigenvalue weighted by Crippen LogP contribution is 2.34. The summed E-state index contributed by atoms with van der Waals surface area (Å²) in [7, 11) is 0. The van der Waals surface area contributed by atoms with E-state index in [0.717, 1.165) is 29.9 Å². The predicted molar refractivity (Wildman–Crippen MR) is 77.2 cm³/mol. The summed E-state index contributed by atoms with van der Waals surface area (Å²) in [5.41, 5.74) is 9.16. The minimum atomic E-state index is -0.228. The molecule has 1 aromatic heterocycles. The number of pyridine rings is 1. The van der Waals surface area contributed by atoms with Gasteiger partial charge in [-0.3, -0.25) is 4.98 Å². The third-order valence-electron chi connectivity index (χ3n) is 3.25. The molecule has 2 heterocycles. The number of hydrogen-bond donors (Lipinski definition) is 1. The first-order chi connectivity index (χ1) is 9.15. The van der Waals surface area contributed by atoms with E-state index in [-0.39, 0.29) is 10.8 Å². The molecule has 5 heteroatoms. The maximum atomic E-state index is 13.4. The summed E-state index contributed by atoms with van der Waals surface area (Å²) in [4.78, 5) is 6.44. The lowest BCUT2D eigenvalue weighted by atomic mass is 10.1. The lowest BCUT2D eigenvalue weighted by Crippen LogP contribution is -2.16. The van der Waals surface area contributed by atoms with E-state index < -0.39 is 0 Å². The minimum Gasteiger partial charge on any atom is -0.388 e. The smallest absolute Gasteiger partial charge is 0.125 e. The number of aromatic nitrogens is 1. The monoisotopic (exact) mass is 273 g/mol. The highest BCUT2D eigenvalue weighted by molar-refractivity contribution is 7.80. The molecule has 0 saturated carbocycles. The van der Waals surface area contributed by atoms with E-state index in [1.807, 2.05) is 18.2 Å². The van der Waals surface area contributed by atoms with Gasteiger partial charge in [0.25, 0.3) is 0 Å². The summed E-state index contributed by atoms with van der Waals surface area (Å²) in [6.45, 7) is 0.819. The van der Waals surface area contributed by atoms with Crippen LogP contribution in [0.2, 0.25) is 0 Å². The van der Waals surface area contributed by atoms with Crippen molar-refractivity contribution in [2.75, 3.05) is 11.4 Å². The van der Waals surface area contributed by atoms with Crippen molar-refractivity contribution in [3.05, 3.63) is 53.6 Å². The van der Waals surface area contributed by atoms with Gasteiger partial charge in [-0.15, -0.1) is 0 Å². The van der Waals surface area contributed by atoms with E-state index in [9.17, 15) is 4.39 Å². The summed E-state index contributed by atoms with van der Waals surface area (Å²) < 4.78 is 13.4. The van der Waals surface area contributed by atoms with Gasteiger partial charge in [-0.1, -0.05) is 18.3 Å². The zero-order chi connectivity index (χ0) is 13.4. The Balaban J connectivity index is 2.04. The molecule has 0 fully saturated rings. The van der Waals surface area contributed by atoms with Gasteiger partial charge in [0.05, 0.1) is 5.69 Å². The van der Waals surface area contributed by atoms with Crippen molar-refractivity contribution in [3.63, 3.8) is 0 Å². The Morgan fingerprint density at radius 3 is 2.95 bits per heavy atom. The number of anilines is 2. The van der Waals surface area contributed by atoms with E-state index in [2.05, 4.69) is 9.88 Å². The van der Waals surface area contributed by atoms with Gasteiger partial charge in [0.15, 0.2) is 0 Å². The first kappa shape index (κ1) is 12.0. The van der Waals surface area contributed by atoms with Crippen molar-refractivity contribution >= 4 is 28.6 Å². The molecule has 1 aliphatic heterocycles. The number of fused-ring (bicyclic) bond motifs is 1. The molecule has 3 rings (SSSR count). The molecular weight excluding hydrogens is 261 g/mol. The van der Waals surface area contributed by atoms with Gasteiger partial charge in [-0.05, 0) is 36.2 Å². The largest absolute Gasteiger partial charge is 0.388 e. The van der Waals surface area contributed by atoms with Crippen LogP contribution in [0.3, 0.4) is 0 Å². The average molecular weight is 273 g/mol. The summed E-state index contributed by atoms with van der Waals surface area (Å²) in [6.07, 6.45) is 2.57. The van der Waals surface area contributed by atoms with Crippen molar-refractivity contribution in [2.24, 2.45) is 5.73 Å². The zero-order valence-corrected chi connectivity index (χ0v) is 11.0. The first-order valence-corrected chi connectivity index (χ1v) is 6.38. The van der Waals surface area contributed by atoms with Crippen molar-refractivity contribution in [3.8, 4) is 0 Å². The summed E-state index contributed by atoms with van der Waals surface area (Å²) in [5, 5.41) is 0. The second-order valence-corrected chi connectivity index (χ2v) is 4.88. The number of halogens is 1. The molecule has 0 saturated heterocycles. The maximum absolute atomic E-state index is 13.4. The molecule has 0 unspecified atom stereocenters. The van der Waals surface area contributed by atoms with E-state index in [4.69, 9.17) is 18.0 Å². The Morgan fingerprint density at radius 1 is 1.32 bits per heavy atom. The van der Waals surface area contributed by atoms with Crippen LogP contribution < -0.4 is 10.6 Å². The molecule has 0 aliphatic carbocycles. The maximum Gasteiger partial charge on any atom is 0.125 e. The topological polar surface area (TPSA) is 42.1 Å². The van der Waals surface area contributed by atoms with E-state index in [1.165, 1.54) is 6.07 Å². The normalized spacial score (nSPS) is 13.4. The van der Waals surface area contributed by atoms with Gasteiger partial charge in [-0.25, -0.2) is 4.39 Å². The van der Waals surface area contributed by atoms with Crippen LogP contribution in [-0.2, 0) is 6.42 Å². The number of benzene rings is 1. The van der Waals surface area contributed by atoms with Gasteiger partial charge in [0, 0.05) is 24.1 Å². The Morgan fingerprint density at radius 2 is 2.16 bits per heavy atom. The molecule has 96 valence electrons. The second-order valence-electron chi connectivity index (χ2n) is 4.44. The van der Waals surface area contributed by atoms with E-state index in [0.29, 0.717) is 5.69 Å². The van der Waals surface area contributed by atoms with Gasteiger partial charge in [-0.2, -0.15) is 0 Å². The van der Waals surface area contributed by atoms with Crippen LogP contribution in [0.25, 0.3) is 0 Å². The molecule has 2 N–H and O–H groups in total. The summed E-state index contributed by atoms with van der Waals surface area (Å²) in [6, 6.07) is 8.60. The van der Waals surface area contributed by atoms with Gasteiger partial charge in [0.1, 0.15) is 10.8 Å². The van der Waals surface area contributed by atoms with Crippen molar-refractivity contribution in [1.82, 2.24) is 4.98 Å². The van der Waals surface area contributed by atoms with Crippen LogP contribution in [0.5, 0.6) is 0 Å².